The number of rotatable bonds is 2. The van der Waals surface area contributed by atoms with Crippen molar-refractivity contribution in [1.82, 2.24) is 9.66 Å². The van der Waals surface area contributed by atoms with Gasteiger partial charge in [0.25, 0.3) is 5.56 Å². The number of thiophene rings is 1. The van der Waals surface area contributed by atoms with Crippen LogP contribution in [0.4, 0.5) is 0 Å². The van der Waals surface area contributed by atoms with Gasteiger partial charge in [-0.1, -0.05) is 30.3 Å². The molecule has 24 heavy (non-hydrogen) atoms. The molecule has 2 aromatic carbocycles. The van der Waals surface area contributed by atoms with Crippen LogP contribution in [0.3, 0.4) is 0 Å². The molecular weight excluding hydrogens is 322 g/mol. The molecule has 0 amide bonds. The van der Waals surface area contributed by atoms with Crippen molar-refractivity contribution in [1.29, 1.82) is 0 Å². The van der Waals surface area contributed by atoms with Gasteiger partial charge in [-0.05, 0) is 35.2 Å². The first-order valence-corrected chi connectivity index (χ1v) is 8.25. The minimum absolute atomic E-state index is 0.118. The summed E-state index contributed by atoms with van der Waals surface area (Å²) < 4.78 is 1.26. The van der Waals surface area contributed by atoms with Gasteiger partial charge in [-0.15, -0.1) is 11.3 Å². The van der Waals surface area contributed by atoms with Crippen LogP contribution < -0.4 is 5.56 Å². The Labute approximate surface area is 141 Å². The number of aromatic nitrogens is 2. The van der Waals surface area contributed by atoms with Crippen molar-refractivity contribution >= 4 is 38.5 Å². The predicted molar refractivity (Wildman–Crippen MR) is 97.2 cm³/mol. The lowest BCUT2D eigenvalue weighted by atomic mass is 10.0. The Balaban J connectivity index is 1.90. The second kappa shape index (κ2) is 5.58. The topological polar surface area (TPSA) is 67.5 Å². The summed E-state index contributed by atoms with van der Waals surface area (Å²) in [6, 6.07) is 12.9. The van der Waals surface area contributed by atoms with Crippen LogP contribution in [-0.2, 0) is 0 Å². The van der Waals surface area contributed by atoms with E-state index < -0.39 is 0 Å². The highest BCUT2D eigenvalue weighted by Gasteiger charge is 2.09. The van der Waals surface area contributed by atoms with Gasteiger partial charge in [0.2, 0.25) is 0 Å². The molecule has 0 fully saturated rings. The van der Waals surface area contributed by atoms with Crippen LogP contribution in [0.25, 0.3) is 21.0 Å². The normalized spacial score (nSPS) is 11.7. The van der Waals surface area contributed by atoms with E-state index in [1.54, 1.807) is 19.1 Å². The Morgan fingerprint density at radius 1 is 1.17 bits per heavy atom. The fourth-order valence-corrected chi connectivity index (χ4v) is 3.48. The van der Waals surface area contributed by atoms with Crippen molar-refractivity contribution in [3.05, 3.63) is 69.6 Å². The molecule has 5 nitrogen and oxygen atoms in total. The first kappa shape index (κ1) is 14.6. The average molecular weight is 335 g/mol. The van der Waals surface area contributed by atoms with Crippen molar-refractivity contribution in [2.24, 2.45) is 5.10 Å². The van der Waals surface area contributed by atoms with E-state index in [0.717, 1.165) is 10.8 Å². The number of aromatic hydroxyl groups is 1. The van der Waals surface area contributed by atoms with E-state index in [2.05, 4.69) is 10.1 Å². The minimum Gasteiger partial charge on any atom is -0.507 e. The van der Waals surface area contributed by atoms with Crippen LogP contribution in [-0.4, -0.2) is 21.0 Å². The van der Waals surface area contributed by atoms with Gasteiger partial charge in [-0.25, -0.2) is 4.98 Å². The van der Waals surface area contributed by atoms with E-state index in [-0.39, 0.29) is 11.3 Å². The Hall–Kier alpha value is -2.99. The van der Waals surface area contributed by atoms with Gasteiger partial charge in [-0.2, -0.15) is 9.78 Å². The molecule has 6 heteroatoms. The molecule has 1 N–H and O–H groups in total. The van der Waals surface area contributed by atoms with Gasteiger partial charge in [0.15, 0.2) is 0 Å². The van der Waals surface area contributed by atoms with Gasteiger partial charge in [-0.3, -0.25) is 4.79 Å². The molecule has 0 aliphatic carbocycles. The average Bonchev–Trinajstić information content (AvgIpc) is 3.04. The number of phenols is 1. The monoisotopic (exact) mass is 335 g/mol. The van der Waals surface area contributed by atoms with E-state index in [1.165, 1.54) is 22.2 Å². The maximum atomic E-state index is 12.5. The van der Waals surface area contributed by atoms with E-state index >= 15 is 0 Å². The second-order valence-electron chi connectivity index (χ2n) is 5.38. The Kier molecular flexibility index (Phi) is 3.39. The Morgan fingerprint density at radius 2 is 2.00 bits per heavy atom. The molecule has 0 aliphatic heterocycles. The highest BCUT2D eigenvalue weighted by Crippen LogP contribution is 2.25. The maximum absolute atomic E-state index is 12.5. The van der Waals surface area contributed by atoms with Crippen LogP contribution in [0.1, 0.15) is 11.4 Å². The molecular formula is C18H13N3O2S. The third kappa shape index (κ3) is 2.28. The van der Waals surface area contributed by atoms with E-state index in [9.17, 15) is 9.90 Å². The summed E-state index contributed by atoms with van der Waals surface area (Å²) >= 11 is 1.43. The zero-order valence-electron chi connectivity index (χ0n) is 12.8. The number of nitrogens with zero attached hydrogens (tertiary/aromatic N) is 3. The van der Waals surface area contributed by atoms with Gasteiger partial charge in [0.05, 0.1) is 11.6 Å². The van der Waals surface area contributed by atoms with Crippen molar-refractivity contribution in [3.63, 3.8) is 0 Å². The molecule has 0 saturated carbocycles. The Bertz CT molecular complexity index is 1160. The SMILES string of the molecule is Cc1nc2sccc2c(=O)n1/N=C/c1c(O)ccc2ccccc12. The molecule has 118 valence electrons. The van der Waals surface area contributed by atoms with Crippen LogP contribution in [0.2, 0.25) is 0 Å². The molecule has 0 radical (unpaired) electrons. The van der Waals surface area contributed by atoms with Crippen LogP contribution >= 0.6 is 11.3 Å². The van der Waals surface area contributed by atoms with E-state index in [4.69, 9.17) is 0 Å². The lowest BCUT2D eigenvalue weighted by Gasteiger charge is -2.06. The van der Waals surface area contributed by atoms with E-state index in [1.807, 2.05) is 35.7 Å². The van der Waals surface area contributed by atoms with Gasteiger partial charge in [0.1, 0.15) is 16.4 Å². The fraction of sp³-hybridized carbons (Fsp3) is 0.0556. The summed E-state index contributed by atoms with van der Waals surface area (Å²) in [4.78, 5) is 17.6. The number of hydrogen-bond donors (Lipinski definition) is 1. The smallest absolute Gasteiger partial charge is 0.282 e. The fourth-order valence-electron chi connectivity index (χ4n) is 2.68. The summed E-state index contributed by atoms with van der Waals surface area (Å²) in [7, 11) is 0. The minimum atomic E-state index is -0.213. The predicted octanol–water partition coefficient (Wildman–Crippen LogP) is 3.51. The van der Waals surface area contributed by atoms with Gasteiger partial charge in [0, 0.05) is 5.56 Å². The summed E-state index contributed by atoms with van der Waals surface area (Å²) in [5.41, 5.74) is 0.361. The third-order valence-corrected chi connectivity index (χ3v) is 4.69. The summed E-state index contributed by atoms with van der Waals surface area (Å²) in [5, 5.41) is 18.7. The van der Waals surface area contributed by atoms with Crippen molar-refractivity contribution in [2.45, 2.75) is 6.92 Å². The zero-order chi connectivity index (χ0) is 16.7. The molecule has 0 bridgehead atoms. The first-order valence-electron chi connectivity index (χ1n) is 7.37. The number of aryl methyl sites for hydroxylation is 1. The number of benzene rings is 2. The standard InChI is InChI=1S/C18H13N3O2S/c1-11-20-17-14(8-9-24-17)18(23)21(11)19-10-15-13-5-3-2-4-12(13)6-7-16(15)22/h2-10,22H,1H3/b19-10+. The van der Waals surface area contributed by atoms with Crippen LogP contribution in [0, 0.1) is 6.92 Å². The first-order chi connectivity index (χ1) is 11.6. The largest absolute Gasteiger partial charge is 0.507 e. The van der Waals surface area contributed by atoms with Gasteiger partial charge >= 0.3 is 0 Å². The molecule has 0 aliphatic rings. The van der Waals surface area contributed by atoms with Crippen molar-refractivity contribution in [2.75, 3.05) is 0 Å². The summed E-state index contributed by atoms with van der Waals surface area (Å²) in [6.45, 7) is 1.74. The van der Waals surface area contributed by atoms with E-state index in [0.29, 0.717) is 21.6 Å². The van der Waals surface area contributed by atoms with Crippen LogP contribution in [0.15, 0.2) is 57.7 Å². The zero-order valence-corrected chi connectivity index (χ0v) is 13.6. The molecule has 0 saturated heterocycles. The van der Waals surface area contributed by atoms with Crippen molar-refractivity contribution in [3.8, 4) is 5.75 Å². The molecule has 0 spiro atoms. The quantitative estimate of drug-likeness (QED) is 0.570. The highest BCUT2D eigenvalue weighted by atomic mass is 32.1. The lowest BCUT2D eigenvalue weighted by molar-refractivity contribution is 0.475. The molecule has 0 atom stereocenters. The number of phenolic OH excluding ortho intramolecular Hbond substituents is 1. The summed E-state index contributed by atoms with van der Waals surface area (Å²) in [5.74, 6) is 0.624. The molecule has 2 heterocycles. The molecule has 0 unspecified atom stereocenters. The molecule has 4 aromatic rings. The maximum Gasteiger partial charge on any atom is 0.282 e. The second-order valence-corrected chi connectivity index (χ2v) is 6.27. The third-order valence-electron chi connectivity index (χ3n) is 3.89. The summed E-state index contributed by atoms with van der Waals surface area (Å²) in [6.07, 6.45) is 1.51. The lowest BCUT2D eigenvalue weighted by Crippen LogP contribution is -2.19. The van der Waals surface area contributed by atoms with Crippen molar-refractivity contribution < 1.29 is 5.11 Å². The number of hydrogen-bond acceptors (Lipinski definition) is 5. The van der Waals surface area contributed by atoms with Crippen LogP contribution in [0.5, 0.6) is 5.75 Å². The number of fused-ring (bicyclic) bond motifs is 2. The molecule has 2 aromatic heterocycles. The highest BCUT2D eigenvalue weighted by molar-refractivity contribution is 7.16. The van der Waals surface area contributed by atoms with Gasteiger partial charge < -0.3 is 5.11 Å². The Morgan fingerprint density at radius 3 is 2.88 bits per heavy atom. The molecule has 4 rings (SSSR count).